The van der Waals surface area contributed by atoms with Gasteiger partial charge in [-0.25, -0.2) is 13.1 Å². The number of aryl methyl sites for hydroxylation is 2. The number of sulfonamides is 1. The lowest BCUT2D eigenvalue weighted by Crippen LogP contribution is -2.16. The van der Waals surface area contributed by atoms with Crippen LogP contribution in [0.1, 0.15) is 16.8 Å². The number of rotatable bonds is 3. The Morgan fingerprint density at radius 3 is 2.47 bits per heavy atom. The van der Waals surface area contributed by atoms with E-state index in [1.54, 1.807) is 39.0 Å². The zero-order chi connectivity index (χ0) is 14.2. The van der Waals surface area contributed by atoms with Crippen LogP contribution in [-0.4, -0.2) is 13.6 Å². The van der Waals surface area contributed by atoms with Crippen molar-refractivity contribution in [2.45, 2.75) is 25.7 Å². The van der Waals surface area contributed by atoms with E-state index in [1.165, 1.54) is 0 Å². The Bertz CT molecular complexity index is 700. The van der Waals surface area contributed by atoms with Crippen molar-refractivity contribution in [3.05, 3.63) is 35.0 Å². The fourth-order valence-electron chi connectivity index (χ4n) is 1.73. The average molecular weight is 281 g/mol. The summed E-state index contributed by atoms with van der Waals surface area (Å²) in [7, 11) is -3.79. The van der Waals surface area contributed by atoms with Crippen LogP contribution in [-0.2, 0) is 10.0 Å². The summed E-state index contributed by atoms with van der Waals surface area (Å²) in [5, 5.41) is 3.71. The normalized spacial score (nSPS) is 11.5. The fraction of sp³-hybridized carbons (Fsp3) is 0.250. The molecule has 0 spiro atoms. The molecule has 1 heterocycles. The van der Waals surface area contributed by atoms with Gasteiger partial charge in [-0.15, -0.1) is 0 Å². The summed E-state index contributed by atoms with van der Waals surface area (Å²) in [6.45, 7) is 5.15. The number of benzene rings is 1. The van der Waals surface area contributed by atoms with Crippen LogP contribution < -0.4 is 10.5 Å². The van der Waals surface area contributed by atoms with Crippen LogP contribution in [0.25, 0.3) is 0 Å². The molecule has 0 bridgehead atoms. The van der Waals surface area contributed by atoms with Crippen LogP contribution in [0, 0.1) is 20.8 Å². The molecule has 0 fully saturated rings. The number of nitrogens with one attached hydrogen (secondary N) is 1. The number of nitrogens with two attached hydrogens (primary N) is 1. The smallest absolute Gasteiger partial charge is 0.266 e. The van der Waals surface area contributed by atoms with Gasteiger partial charge in [0.2, 0.25) is 5.88 Å². The molecule has 102 valence electrons. The number of nitrogens with zero attached hydrogens (tertiary/aromatic N) is 1. The van der Waals surface area contributed by atoms with Crippen molar-refractivity contribution < 1.29 is 12.9 Å². The Balaban J connectivity index is 2.47. The van der Waals surface area contributed by atoms with Crippen molar-refractivity contribution in [1.82, 2.24) is 5.16 Å². The summed E-state index contributed by atoms with van der Waals surface area (Å²) in [5.41, 5.74) is 7.79. The van der Waals surface area contributed by atoms with Crippen molar-refractivity contribution >= 4 is 21.6 Å². The third kappa shape index (κ3) is 2.41. The number of hydrogen-bond donors (Lipinski definition) is 2. The van der Waals surface area contributed by atoms with E-state index < -0.39 is 10.0 Å². The van der Waals surface area contributed by atoms with Gasteiger partial charge >= 0.3 is 0 Å². The Kier molecular flexibility index (Phi) is 3.23. The van der Waals surface area contributed by atoms with Crippen molar-refractivity contribution in [3.8, 4) is 0 Å². The molecule has 0 aliphatic carbocycles. The minimum absolute atomic E-state index is 0.0588. The second-order valence-corrected chi connectivity index (χ2v) is 5.94. The number of anilines is 2. The highest BCUT2D eigenvalue weighted by Crippen LogP contribution is 2.26. The van der Waals surface area contributed by atoms with Crippen LogP contribution in [0.3, 0.4) is 0 Å². The lowest BCUT2D eigenvalue weighted by atomic mass is 10.2. The molecule has 1 aromatic heterocycles. The molecule has 0 radical (unpaired) electrons. The van der Waals surface area contributed by atoms with Gasteiger partial charge in [0.15, 0.2) is 0 Å². The zero-order valence-corrected chi connectivity index (χ0v) is 11.7. The van der Waals surface area contributed by atoms with Gasteiger partial charge in [-0.05, 0) is 32.4 Å². The van der Waals surface area contributed by atoms with Crippen molar-refractivity contribution in [1.29, 1.82) is 0 Å². The largest absolute Gasteiger partial charge is 0.398 e. The first-order valence-corrected chi connectivity index (χ1v) is 7.12. The first kappa shape index (κ1) is 13.4. The number of aromatic nitrogens is 1. The first-order chi connectivity index (χ1) is 8.83. The highest BCUT2D eigenvalue weighted by atomic mass is 32.2. The molecular weight excluding hydrogens is 266 g/mol. The Hall–Kier alpha value is -2.02. The maximum atomic E-state index is 12.3. The maximum absolute atomic E-state index is 12.3. The van der Waals surface area contributed by atoms with Gasteiger partial charge in [-0.1, -0.05) is 17.3 Å². The predicted molar refractivity (Wildman–Crippen MR) is 72.4 cm³/mol. The molecule has 0 atom stereocenters. The average Bonchev–Trinajstić information content (AvgIpc) is 2.60. The predicted octanol–water partition coefficient (Wildman–Crippen LogP) is 1.98. The summed E-state index contributed by atoms with van der Waals surface area (Å²) in [4.78, 5) is 0.0588. The summed E-state index contributed by atoms with van der Waals surface area (Å²) in [5.74, 6) is 0.111. The third-order valence-electron chi connectivity index (χ3n) is 2.90. The first-order valence-electron chi connectivity index (χ1n) is 5.63. The van der Waals surface area contributed by atoms with Gasteiger partial charge in [0, 0.05) is 5.56 Å². The third-order valence-corrected chi connectivity index (χ3v) is 4.44. The Morgan fingerprint density at radius 2 is 1.95 bits per heavy atom. The molecule has 6 nitrogen and oxygen atoms in total. The molecule has 0 aliphatic heterocycles. The summed E-state index contributed by atoms with van der Waals surface area (Å²) < 4.78 is 32.0. The highest BCUT2D eigenvalue weighted by Gasteiger charge is 2.23. The van der Waals surface area contributed by atoms with Gasteiger partial charge in [-0.3, -0.25) is 0 Å². The second-order valence-electron chi connectivity index (χ2n) is 4.32. The van der Waals surface area contributed by atoms with E-state index in [0.717, 1.165) is 0 Å². The van der Waals surface area contributed by atoms with Gasteiger partial charge in [0.25, 0.3) is 10.0 Å². The molecule has 0 saturated heterocycles. The van der Waals surface area contributed by atoms with E-state index in [1.807, 2.05) is 0 Å². The van der Waals surface area contributed by atoms with Crippen LogP contribution >= 0.6 is 0 Å². The molecule has 19 heavy (non-hydrogen) atoms. The maximum Gasteiger partial charge on any atom is 0.266 e. The van der Waals surface area contributed by atoms with Crippen LogP contribution in [0.15, 0.2) is 27.6 Å². The molecule has 3 N–H and O–H groups in total. The van der Waals surface area contributed by atoms with Crippen molar-refractivity contribution in [3.63, 3.8) is 0 Å². The number of hydrogen-bond acceptors (Lipinski definition) is 5. The van der Waals surface area contributed by atoms with Crippen LogP contribution in [0.2, 0.25) is 0 Å². The topological polar surface area (TPSA) is 98.2 Å². The van der Waals surface area contributed by atoms with E-state index in [2.05, 4.69) is 9.88 Å². The highest BCUT2D eigenvalue weighted by molar-refractivity contribution is 7.93. The van der Waals surface area contributed by atoms with Crippen molar-refractivity contribution in [2.75, 3.05) is 10.5 Å². The molecule has 0 aliphatic rings. The molecule has 2 aromatic rings. The second kappa shape index (κ2) is 4.58. The lowest BCUT2D eigenvalue weighted by Gasteiger charge is -2.10. The fourth-order valence-corrected chi connectivity index (χ4v) is 3.13. The lowest BCUT2D eigenvalue weighted by molar-refractivity contribution is 0.430. The van der Waals surface area contributed by atoms with E-state index in [4.69, 9.17) is 10.3 Å². The van der Waals surface area contributed by atoms with Crippen LogP contribution in [0.5, 0.6) is 0 Å². The SMILES string of the molecule is Cc1cccc(N)c1S(=O)(=O)Nc1onc(C)c1C. The number of nitrogen functional groups attached to an aromatic ring is 1. The Morgan fingerprint density at radius 1 is 1.26 bits per heavy atom. The molecule has 0 saturated carbocycles. The van der Waals surface area contributed by atoms with E-state index in [9.17, 15) is 8.42 Å². The van der Waals surface area contributed by atoms with Crippen LogP contribution in [0.4, 0.5) is 11.6 Å². The monoisotopic (exact) mass is 281 g/mol. The molecule has 0 amide bonds. The minimum atomic E-state index is -3.79. The van der Waals surface area contributed by atoms with Gasteiger partial charge in [0.1, 0.15) is 4.90 Å². The Labute approximate surface area is 111 Å². The molecule has 7 heteroatoms. The van der Waals surface area contributed by atoms with Gasteiger partial charge in [0.05, 0.1) is 11.4 Å². The summed E-state index contributed by atoms with van der Waals surface area (Å²) in [6.07, 6.45) is 0. The quantitative estimate of drug-likeness (QED) is 0.838. The zero-order valence-electron chi connectivity index (χ0n) is 10.9. The van der Waals surface area contributed by atoms with Gasteiger partial charge in [-0.2, -0.15) is 0 Å². The molecule has 2 rings (SSSR count). The van der Waals surface area contributed by atoms with E-state index >= 15 is 0 Å². The van der Waals surface area contributed by atoms with Gasteiger partial charge < -0.3 is 10.3 Å². The standard InChI is InChI=1S/C12H15N3O3S/c1-7-5-4-6-10(13)11(7)19(16,17)15-12-8(2)9(3)14-18-12/h4-6,15H,13H2,1-3H3. The van der Waals surface area contributed by atoms with E-state index in [-0.39, 0.29) is 16.5 Å². The molecule has 0 unspecified atom stereocenters. The van der Waals surface area contributed by atoms with E-state index in [0.29, 0.717) is 16.8 Å². The minimum Gasteiger partial charge on any atom is -0.398 e. The molecule has 1 aromatic carbocycles. The molecular formula is C12H15N3O3S. The summed E-state index contributed by atoms with van der Waals surface area (Å²) in [6, 6.07) is 4.93. The summed E-state index contributed by atoms with van der Waals surface area (Å²) >= 11 is 0. The van der Waals surface area contributed by atoms with Crippen molar-refractivity contribution in [2.24, 2.45) is 0 Å².